The third-order valence-corrected chi connectivity index (χ3v) is 2.25. The van der Waals surface area contributed by atoms with Crippen molar-refractivity contribution >= 4 is 24.0 Å². The van der Waals surface area contributed by atoms with Gasteiger partial charge in [-0.05, 0) is 12.8 Å². The standard InChI is InChI=1S/C11H17NO6/c1-8(14)4-9(5-10(15)16)6-12(2-3-13)7-11(17)18/h3,9H,2,4-7H2,1H3,(H,15,16)(H,17,18). The summed E-state index contributed by atoms with van der Waals surface area (Å²) in [5.41, 5.74) is 0. The van der Waals surface area contributed by atoms with E-state index in [1.54, 1.807) is 0 Å². The van der Waals surface area contributed by atoms with Crippen LogP contribution in [0.2, 0.25) is 0 Å². The van der Waals surface area contributed by atoms with Gasteiger partial charge in [0.2, 0.25) is 0 Å². The van der Waals surface area contributed by atoms with Crippen LogP contribution in [0.25, 0.3) is 0 Å². The minimum Gasteiger partial charge on any atom is -0.481 e. The number of carboxylic acids is 2. The maximum absolute atomic E-state index is 11.0. The Hall–Kier alpha value is -1.76. The fourth-order valence-electron chi connectivity index (χ4n) is 1.72. The van der Waals surface area contributed by atoms with Gasteiger partial charge in [-0.25, -0.2) is 0 Å². The highest BCUT2D eigenvalue weighted by atomic mass is 16.4. The number of aldehydes is 1. The van der Waals surface area contributed by atoms with Crippen molar-refractivity contribution in [3.05, 3.63) is 0 Å². The molecule has 0 aliphatic heterocycles. The van der Waals surface area contributed by atoms with Crippen molar-refractivity contribution in [3.63, 3.8) is 0 Å². The molecule has 0 saturated carbocycles. The normalized spacial score (nSPS) is 12.1. The highest BCUT2D eigenvalue weighted by Crippen LogP contribution is 2.11. The SMILES string of the molecule is CC(=O)CC(CC(=O)O)CN(CC=O)CC(=O)O. The van der Waals surface area contributed by atoms with Crippen LogP contribution in [0.5, 0.6) is 0 Å². The summed E-state index contributed by atoms with van der Waals surface area (Å²) in [6.45, 7) is 0.986. The number of ketones is 1. The van der Waals surface area contributed by atoms with Crippen LogP contribution in [0, 0.1) is 5.92 Å². The van der Waals surface area contributed by atoms with Crippen molar-refractivity contribution in [1.82, 2.24) is 4.90 Å². The van der Waals surface area contributed by atoms with Crippen molar-refractivity contribution in [2.24, 2.45) is 5.92 Å². The summed E-state index contributed by atoms with van der Waals surface area (Å²) in [6.07, 6.45) is 0.379. The monoisotopic (exact) mass is 259 g/mol. The quantitative estimate of drug-likeness (QED) is 0.515. The number of hydrogen-bond donors (Lipinski definition) is 2. The van der Waals surface area contributed by atoms with E-state index in [0.29, 0.717) is 6.29 Å². The van der Waals surface area contributed by atoms with E-state index in [9.17, 15) is 19.2 Å². The number of carbonyl (C=O) groups excluding carboxylic acids is 2. The van der Waals surface area contributed by atoms with E-state index >= 15 is 0 Å². The zero-order chi connectivity index (χ0) is 14.1. The van der Waals surface area contributed by atoms with Gasteiger partial charge in [-0.3, -0.25) is 14.5 Å². The number of carboxylic acid groups (broad SMARTS) is 2. The molecule has 102 valence electrons. The Labute approximate surface area is 104 Å². The van der Waals surface area contributed by atoms with Gasteiger partial charge >= 0.3 is 11.9 Å². The fourth-order valence-corrected chi connectivity index (χ4v) is 1.72. The highest BCUT2D eigenvalue weighted by Gasteiger charge is 2.20. The predicted octanol–water partition coefficient (Wildman–Crippen LogP) is -0.358. The van der Waals surface area contributed by atoms with E-state index in [0.717, 1.165) is 0 Å². The molecule has 0 aliphatic rings. The van der Waals surface area contributed by atoms with E-state index in [4.69, 9.17) is 10.2 Å². The van der Waals surface area contributed by atoms with E-state index in [1.807, 2.05) is 0 Å². The van der Waals surface area contributed by atoms with Crippen LogP contribution in [-0.4, -0.2) is 58.8 Å². The Morgan fingerprint density at radius 2 is 1.78 bits per heavy atom. The summed E-state index contributed by atoms with van der Waals surface area (Å²) in [4.78, 5) is 43.9. The van der Waals surface area contributed by atoms with Crippen LogP contribution in [0.15, 0.2) is 0 Å². The molecule has 0 amide bonds. The van der Waals surface area contributed by atoms with Crippen LogP contribution >= 0.6 is 0 Å². The molecule has 2 N–H and O–H groups in total. The Morgan fingerprint density at radius 1 is 1.17 bits per heavy atom. The summed E-state index contributed by atoms with van der Waals surface area (Å²) >= 11 is 0. The first kappa shape index (κ1) is 16.2. The average molecular weight is 259 g/mol. The maximum atomic E-state index is 11.0. The largest absolute Gasteiger partial charge is 0.481 e. The van der Waals surface area contributed by atoms with Gasteiger partial charge in [-0.15, -0.1) is 0 Å². The second kappa shape index (κ2) is 8.35. The number of carbonyl (C=O) groups is 4. The molecular formula is C11H17NO6. The van der Waals surface area contributed by atoms with Crippen LogP contribution in [0.4, 0.5) is 0 Å². The van der Waals surface area contributed by atoms with Gasteiger partial charge in [-0.2, -0.15) is 0 Å². The first-order valence-corrected chi connectivity index (χ1v) is 5.44. The van der Waals surface area contributed by atoms with E-state index in [1.165, 1.54) is 11.8 Å². The van der Waals surface area contributed by atoms with Crippen LogP contribution in [-0.2, 0) is 19.2 Å². The average Bonchev–Trinajstić information content (AvgIpc) is 2.13. The number of nitrogens with zero attached hydrogens (tertiary/aromatic N) is 1. The second-order valence-corrected chi connectivity index (χ2v) is 4.12. The lowest BCUT2D eigenvalue weighted by molar-refractivity contribution is -0.138. The maximum Gasteiger partial charge on any atom is 0.317 e. The summed E-state index contributed by atoms with van der Waals surface area (Å²) in [6, 6.07) is 0. The third-order valence-electron chi connectivity index (χ3n) is 2.25. The molecule has 0 spiro atoms. The number of aliphatic carboxylic acids is 2. The first-order chi connectivity index (χ1) is 8.35. The summed E-state index contributed by atoms with van der Waals surface area (Å²) in [5.74, 6) is -2.81. The number of Topliss-reactive ketones (excluding diaryl/α,β-unsaturated/α-hetero) is 1. The molecule has 0 aromatic carbocycles. The highest BCUT2D eigenvalue weighted by molar-refractivity contribution is 5.77. The van der Waals surface area contributed by atoms with Crippen molar-refractivity contribution in [3.8, 4) is 0 Å². The molecule has 0 aliphatic carbocycles. The molecule has 0 bridgehead atoms. The predicted molar refractivity (Wildman–Crippen MR) is 61.2 cm³/mol. The van der Waals surface area contributed by atoms with E-state index in [-0.39, 0.29) is 38.3 Å². The van der Waals surface area contributed by atoms with Crippen molar-refractivity contribution in [2.75, 3.05) is 19.6 Å². The molecule has 0 saturated heterocycles. The van der Waals surface area contributed by atoms with Crippen LogP contribution in [0.3, 0.4) is 0 Å². The topological polar surface area (TPSA) is 112 Å². The van der Waals surface area contributed by atoms with Crippen molar-refractivity contribution in [2.45, 2.75) is 19.8 Å². The molecule has 0 aromatic heterocycles. The molecule has 0 fully saturated rings. The number of rotatable bonds is 10. The van der Waals surface area contributed by atoms with Gasteiger partial charge in [0.05, 0.1) is 13.1 Å². The van der Waals surface area contributed by atoms with Gasteiger partial charge in [0, 0.05) is 19.4 Å². The lowest BCUT2D eigenvalue weighted by Gasteiger charge is -2.22. The number of hydrogen-bond acceptors (Lipinski definition) is 5. The smallest absolute Gasteiger partial charge is 0.317 e. The molecule has 7 heteroatoms. The summed E-state index contributed by atoms with van der Waals surface area (Å²) < 4.78 is 0. The van der Waals surface area contributed by atoms with Gasteiger partial charge in [0.1, 0.15) is 12.1 Å². The van der Waals surface area contributed by atoms with Crippen LogP contribution in [0.1, 0.15) is 19.8 Å². The Bertz CT molecular complexity index is 311. The zero-order valence-electron chi connectivity index (χ0n) is 10.2. The minimum absolute atomic E-state index is 0.0568. The first-order valence-electron chi connectivity index (χ1n) is 5.44. The summed E-state index contributed by atoms with van der Waals surface area (Å²) in [7, 11) is 0. The molecule has 1 unspecified atom stereocenters. The molecular weight excluding hydrogens is 242 g/mol. The van der Waals surface area contributed by atoms with Crippen molar-refractivity contribution < 1.29 is 29.4 Å². The van der Waals surface area contributed by atoms with Gasteiger partial charge in [-0.1, -0.05) is 0 Å². The Kier molecular flexibility index (Phi) is 7.53. The third kappa shape index (κ3) is 8.40. The van der Waals surface area contributed by atoms with Gasteiger partial charge < -0.3 is 19.8 Å². The fraction of sp³-hybridized carbons (Fsp3) is 0.636. The molecule has 0 aromatic rings. The Balaban J connectivity index is 4.55. The van der Waals surface area contributed by atoms with E-state index < -0.39 is 17.9 Å². The van der Waals surface area contributed by atoms with Crippen LogP contribution < -0.4 is 0 Å². The molecule has 18 heavy (non-hydrogen) atoms. The van der Waals surface area contributed by atoms with Gasteiger partial charge in [0.15, 0.2) is 0 Å². The Morgan fingerprint density at radius 3 is 2.17 bits per heavy atom. The molecule has 7 nitrogen and oxygen atoms in total. The molecule has 0 rings (SSSR count). The lowest BCUT2D eigenvalue weighted by atomic mass is 9.98. The molecule has 1 atom stereocenters. The lowest BCUT2D eigenvalue weighted by Crippen LogP contribution is -2.36. The second-order valence-electron chi connectivity index (χ2n) is 4.12. The zero-order valence-corrected chi connectivity index (χ0v) is 10.2. The van der Waals surface area contributed by atoms with Crippen molar-refractivity contribution in [1.29, 1.82) is 0 Å². The van der Waals surface area contributed by atoms with E-state index in [2.05, 4.69) is 0 Å². The minimum atomic E-state index is -1.10. The molecule has 0 radical (unpaired) electrons. The van der Waals surface area contributed by atoms with Gasteiger partial charge in [0.25, 0.3) is 0 Å². The molecule has 0 heterocycles. The summed E-state index contributed by atoms with van der Waals surface area (Å²) in [5, 5.41) is 17.4.